The van der Waals surface area contributed by atoms with E-state index in [0.717, 1.165) is 22.9 Å². The van der Waals surface area contributed by atoms with E-state index in [1.807, 2.05) is 18.2 Å². The van der Waals surface area contributed by atoms with E-state index >= 15 is 0 Å². The molecule has 0 spiro atoms. The van der Waals surface area contributed by atoms with Crippen molar-refractivity contribution in [1.82, 2.24) is 4.90 Å². The maximum atomic E-state index is 12.9. The third kappa shape index (κ3) is 3.48. The molecule has 0 aromatic heterocycles. The number of fused-ring (bicyclic) bond motifs is 1. The molecule has 2 aliphatic rings. The summed E-state index contributed by atoms with van der Waals surface area (Å²) in [6.45, 7) is 0. The molecule has 0 N–H and O–H groups in total. The predicted molar refractivity (Wildman–Crippen MR) is 112 cm³/mol. The quantitative estimate of drug-likeness (QED) is 0.246. The van der Waals surface area contributed by atoms with Gasteiger partial charge in [0.25, 0.3) is 5.91 Å². The Kier molecular flexibility index (Phi) is 5.04. The lowest BCUT2D eigenvalue weighted by atomic mass is 10.0. The second-order valence-electron chi connectivity index (χ2n) is 6.05. The number of thioether (sulfide) groups is 1. The number of Topliss-reactive ketones (excluding diaryl/α,β-unsaturated/α-hetero) is 1. The minimum atomic E-state index is -0.823. The van der Waals surface area contributed by atoms with E-state index in [0.29, 0.717) is 16.2 Å². The Morgan fingerprint density at radius 1 is 1.07 bits per heavy atom. The number of esters is 1. The highest BCUT2D eigenvalue weighted by molar-refractivity contribution is 8.26. The molecular formula is C21H13NO5S2. The van der Waals surface area contributed by atoms with Crippen LogP contribution in [0.2, 0.25) is 0 Å². The molecule has 1 fully saturated rings. The van der Waals surface area contributed by atoms with Gasteiger partial charge >= 0.3 is 5.97 Å². The monoisotopic (exact) mass is 423 g/mol. The van der Waals surface area contributed by atoms with Gasteiger partial charge in [0, 0.05) is 11.8 Å². The van der Waals surface area contributed by atoms with E-state index in [-0.39, 0.29) is 21.2 Å². The van der Waals surface area contributed by atoms with E-state index < -0.39 is 17.7 Å². The van der Waals surface area contributed by atoms with Gasteiger partial charge in [0.05, 0.1) is 17.6 Å². The minimum absolute atomic E-state index is 0.195. The molecule has 1 amide bonds. The second kappa shape index (κ2) is 7.65. The average Bonchev–Trinajstić information content (AvgIpc) is 2.98. The molecule has 144 valence electrons. The van der Waals surface area contributed by atoms with Crippen LogP contribution in [0.15, 0.2) is 65.2 Å². The maximum absolute atomic E-state index is 12.9. The van der Waals surface area contributed by atoms with Crippen molar-refractivity contribution in [2.24, 2.45) is 0 Å². The first kappa shape index (κ1) is 19.1. The number of hydrogen-bond donors (Lipinski definition) is 0. The molecule has 0 atom stereocenters. The third-order valence-corrected chi connectivity index (χ3v) is 5.64. The Morgan fingerprint density at radius 2 is 1.79 bits per heavy atom. The standard InChI is InChI=1S/C21H13NO5S2/c1-26-15-8-4-2-6-12(15)10-17-19(24)22(21(28)29-17)11-14-18(23)13-7-3-5-9-16(13)27-20(14)25/h2-11H,1H3/b14-11+,17-10-. The number of carbonyl (C=O) groups is 3. The summed E-state index contributed by atoms with van der Waals surface area (Å²) < 4.78 is 10.7. The summed E-state index contributed by atoms with van der Waals surface area (Å²) in [5.41, 5.74) is 0.720. The second-order valence-corrected chi connectivity index (χ2v) is 7.73. The number of ether oxygens (including phenoxy) is 2. The smallest absolute Gasteiger partial charge is 0.349 e. The average molecular weight is 423 g/mol. The van der Waals surface area contributed by atoms with Crippen molar-refractivity contribution >= 4 is 52.0 Å². The molecule has 0 unspecified atom stereocenters. The zero-order chi connectivity index (χ0) is 20.5. The first-order valence-electron chi connectivity index (χ1n) is 8.47. The third-order valence-electron chi connectivity index (χ3n) is 4.31. The van der Waals surface area contributed by atoms with Crippen molar-refractivity contribution in [1.29, 1.82) is 0 Å². The summed E-state index contributed by atoms with van der Waals surface area (Å²) in [6.07, 6.45) is 2.81. The Morgan fingerprint density at radius 3 is 2.59 bits per heavy atom. The van der Waals surface area contributed by atoms with Gasteiger partial charge in [0.2, 0.25) is 5.78 Å². The molecule has 4 rings (SSSR count). The molecule has 2 aliphatic heterocycles. The number of rotatable bonds is 3. The van der Waals surface area contributed by atoms with Crippen molar-refractivity contribution in [2.75, 3.05) is 7.11 Å². The fourth-order valence-electron chi connectivity index (χ4n) is 2.89. The summed E-state index contributed by atoms with van der Waals surface area (Å²) in [4.78, 5) is 39.3. The van der Waals surface area contributed by atoms with Crippen LogP contribution in [0.25, 0.3) is 6.08 Å². The highest BCUT2D eigenvalue weighted by Crippen LogP contribution is 2.36. The van der Waals surface area contributed by atoms with Gasteiger partial charge in [-0.05, 0) is 24.3 Å². The van der Waals surface area contributed by atoms with Crippen LogP contribution in [0.5, 0.6) is 11.5 Å². The number of carbonyl (C=O) groups excluding carboxylic acids is 3. The number of hydrogen-bond acceptors (Lipinski definition) is 7. The molecule has 0 saturated carbocycles. The van der Waals surface area contributed by atoms with Crippen molar-refractivity contribution in [2.45, 2.75) is 0 Å². The van der Waals surface area contributed by atoms with Gasteiger partial charge < -0.3 is 9.47 Å². The number of ketones is 1. The van der Waals surface area contributed by atoms with Gasteiger partial charge in [-0.2, -0.15) is 0 Å². The Labute approximate surface area is 175 Å². The van der Waals surface area contributed by atoms with Gasteiger partial charge in [-0.15, -0.1) is 0 Å². The SMILES string of the molecule is COc1ccccc1/C=C1\SC(=S)N(/C=C2/C(=O)Oc3ccccc3C2=O)C1=O. The number of nitrogens with zero attached hydrogens (tertiary/aromatic N) is 1. The molecule has 0 aliphatic carbocycles. The van der Waals surface area contributed by atoms with Gasteiger partial charge in [0.1, 0.15) is 17.1 Å². The number of amides is 1. The van der Waals surface area contributed by atoms with Crippen molar-refractivity contribution in [3.05, 3.63) is 76.3 Å². The number of methoxy groups -OCH3 is 1. The van der Waals surface area contributed by atoms with Gasteiger partial charge in [0.15, 0.2) is 4.32 Å². The van der Waals surface area contributed by atoms with Crippen molar-refractivity contribution in [3.63, 3.8) is 0 Å². The molecule has 2 aromatic carbocycles. The van der Waals surface area contributed by atoms with Crippen LogP contribution < -0.4 is 9.47 Å². The molecule has 8 heteroatoms. The van der Waals surface area contributed by atoms with Crippen molar-refractivity contribution < 1.29 is 23.9 Å². The van der Waals surface area contributed by atoms with Crippen molar-refractivity contribution in [3.8, 4) is 11.5 Å². The van der Waals surface area contributed by atoms with Crippen LogP contribution in [0.3, 0.4) is 0 Å². The van der Waals surface area contributed by atoms with Crippen LogP contribution in [-0.4, -0.2) is 34.0 Å². The summed E-state index contributed by atoms with van der Waals surface area (Å²) in [7, 11) is 1.54. The van der Waals surface area contributed by atoms with Gasteiger partial charge in [-0.3, -0.25) is 14.5 Å². The van der Waals surface area contributed by atoms with Crippen LogP contribution in [-0.2, 0) is 9.59 Å². The lowest BCUT2D eigenvalue weighted by Gasteiger charge is -2.18. The predicted octanol–water partition coefficient (Wildman–Crippen LogP) is 3.58. The summed E-state index contributed by atoms with van der Waals surface area (Å²) in [5, 5.41) is 0. The van der Waals surface area contributed by atoms with E-state index in [1.165, 1.54) is 6.07 Å². The summed E-state index contributed by atoms with van der Waals surface area (Å²) >= 11 is 6.36. The normalized spacial score (nSPS) is 19.0. The van der Waals surface area contributed by atoms with Crippen LogP contribution >= 0.6 is 24.0 Å². The molecule has 0 bridgehead atoms. The first-order valence-corrected chi connectivity index (χ1v) is 9.70. The van der Waals surface area contributed by atoms with Crippen LogP contribution in [0.1, 0.15) is 15.9 Å². The maximum Gasteiger partial charge on any atom is 0.349 e. The zero-order valence-corrected chi connectivity index (χ0v) is 16.7. The largest absolute Gasteiger partial charge is 0.496 e. The van der Waals surface area contributed by atoms with E-state index in [1.54, 1.807) is 37.5 Å². The lowest BCUT2D eigenvalue weighted by molar-refractivity contribution is -0.130. The highest BCUT2D eigenvalue weighted by atomic mass is 32.2. The van der Waals surface area contributed by atoms with Crippen LogP contribution in [0.4, 0.5) is 0 Å². The van der Waals surface area contributed by atoms with E-state index in [4.69, 9.17) is 21.7 Å². The number of benzene rings is 2. The summed E-state index contributed by atoms with van der Waals surface area (Å²) in [6, 6.07) is 13.7. The summed E-state index contributed by atoms with van der Waals surface area (Å²) in [5.74, 6) is -0.964. The highest BCUT2D eigenvalue weighted by Gasteiger charge is 2.36. The lowest BCUT2D eigenvalue weighted by Crippen LogP contribution is -2.30. The van der Waals surface area contributed by atoms with Crippen LogP contribution in [0, 0.1) is 0 Å². The van der Waals surface area contributed by atoms with E-state index in [2.05, 4.69) is 0 Å². The number of thiocarbonyl (C=S) groups is 1. The Hall–Kier alpha value is -3.23. The first-order chi connectivity index (χ1) is 14.0. The molecule has 29 heavy (non-hydrogen) atoms. The fourth-order valence-corrected chi connectivity index (χ4v) is 4.09. The molecule has 0 radical (unpaired) electrons. The zero-order valence-electron chi connectivity index (χ0n) is 15.1. The number of para-hydroxylation sites is 2. The molecule has 6 nitrogen and oxygen atoms in total. The Bertz CT molecular complexity index is 1140. The Balaban J connectivity index is 1.67. The van der Waals surface area contributed by atoms with E-state index in [9.17, 15) is 14.4 Å². The van der Waals surface area contributed by atoms with Gasteiger partial charge in [-0.25, -0.2) is 4.79 Å². The molecular weight excluding hydrogens is 410 g/mol. The fraction of sp³-hybridized carbons (Fsp3) is 0.0476. The van der Waals surface area contributed by atoms with Gasteiger partial charge in [-0.1, -0.05) is 54.3 Å². The molecule has 1 saturated heterocycles. The molecule has 2 heterocycles. The molecule has 2 aromatic rings. The topological polar surface area (TPSA) is 72.9 Å². The minimum Gasteiger partial charge on any atom is -0.496 e.